The summed E-state index contributed by atoms with van der Waals surface area (Å²) in [5.74, 6) is 0. The second-order valence-electron chi connectivity index (χ2n) is 2.72. The van der Waals surface area contributed by atoms with Gasteiger partial charge >= 0.3 is 0 Å². The van der Waals surface area contributed by atoms with Gasteiger partial charge in [-0.15, -0.1) is 0 Å². The summed E-state index contributed by atoms with van der Waals surface area (Å²) in [5, 5.41) is 18.7. The monoisotopic (exact) mass is 178 g/mol. The SMILES string of the molecule is COC[C@H]1O[C@H](OC)[C@H](O)[C@@H]1O. The molecule has 1 rings (SSSR count). The van der Waals surface area contributed by atoms with Gasteiger partial charge in [0.25, 0.3) is 0 Å². The summed E-state index contributed by atoms with van der Waals surface area (Å²) in [6, 6.07) is 0. The molecule has 0 amide bonds. The first kappa shape index (κ1) is 9.88. The molecule has 5 heteroatoms. The highest BCUT2D eigenvalue weighted by molar-refractivity contribution is 4.86. The molecule has 0 aromatic rings. The molecule has 1 aliphatic heterocycles. The molecule has 0 aromatic carbocycles. The van der Waals surface area contributed by atoms with E-state index in [9.17, 15) is 10.2 Å². The molecule has 12 heavy (non-hydrogen) atoms. The maximum atomic E-state index is 9.36. The van der Waals surface area contributed by atoms with Gasteiger partial charge in [0, 0.05) is 14.2 Å². The lowest BCUT2D eigenvalue weighted by Crippen LogP contribution is -2.34. The van der Waals surface area contributed by atoms with E-state index in [-0.39, 0.29) is 6.61 Å². The van der Waals surface area contributed by atoms with Gasteiger partial charge in [0.15, 0.2) is 6.29 Å². The van der Waals surface area contributed by atoms with Gasteiger partial charge in [-0.3, -0.25) is 0 Å². The van der Waals surface area contributed by atoms with Crippen LogP contribution in [0.4, 0.5) is 0 Å². The number of hydrogen-bond donors (Lipinski definition) is 2. The van der Waals surface area contributed by atoms with Crippen LogP contribution in [-0.4, -0.2) is 55.6 Å². The summed E-state index contributed by atoms with van der Waals surface area (Å²) in [7, 11) is 2.92. The van der Waals surface area contributed by atoms with Crippen LogP contribution < -0.4 is 0 Å². The van der Waals surface area contributed by atoms with E-state index in [4.69, 9.17) is 14.2 Å². The first-order chi connectivity index (χ1) is 5.70. The Morgan fingerprint density at radius 3 is 2.33 bits per heavy atom. The Morgan fingerprint density at radius 1 is 1.25 bits per heavy atom. The average molecular weight is 178 g/mol. The number of aliphatic hydroxyl groups is 2. The van der Waals surface area contributed by atoms with Crippen molar-refractivity contribution < 1.29 is 24.4 Å². The Labute approximate surface area is 70.9 Å². The van der Waals surface area contributed by atoms with E-state index in [1.165, 1.54) is 14.2 Å². The van der Waals surface area contributed by atoms with E-state index in [1.54, 1.807) is 0 Å². The third-order valence-electron chi connectivity index (χ3n) is 1.88. The van der Waals surface area contributed by atoms with Gasteiger partial charge in [-0.05, 0) is 0 Å². The van der Waals surface area contributed by atoms with E-state index < -0.39 is 24.6 Å². The van der Waals surface area contributed by atoms with Crippen molar-refractivity contribution in [3.05, 3.63) is 0 Å². The summed E-state index contributed by atoms with van der Waals surface area (Å²) in [5.41, 5.74) is 0. The van der Waals surface area contributed by atoms with Crippen LogP contribution >= 0.6 is 0 Å². The Kier molecular flexibility index (Phi) is 3.42. The quantitative estimate of drug-likeness (QED) is 0.563. The second kappa shape index (κ2) is 4.15. The van der Waals surface area contributed by atoms with Crippen LogP contribution in [0.3, 0.4) is 0 Å². The van der Waals surface area contributed by atoms with E-state index in [1.807, 2.05) is 0 Å². The highest BCUT2D eigenvalue weighted by atomic mass is 16.7. The molecular weight excluding hydrogens is 164 g/mol. The van der Waals surface area contributed by atoms with Crippen molar-refractivity contribution in [3.63, 3.8) is 0 Å². The predicted octanol–water partition coefficient (Wildman–Crippen LogP) is -1.27. The van der Waals surface area contributed by atoms with Crippen molar-refractivity contribution in [2.45, 2.75) is 24.6 Å². The molecule has 1 heterocycles. The molecular formula is C7H14O5. The molecule has 4 atom stereocenters. The van der Waals surface area contributed by atoms with E-state index in [0.29, 0.717) is 0 Å². The minimum Gasteiger partial charge on any atom is -0.387 e. The van der Waals surface area contributed by atoms with Gasteiger partial charge < -0.3 is 24.4 Å². The van der Waals surface area contributed by atoms with Crippen molar-refractivity contribution >= 4 is 0 Å². The summed E-state index contributed by atoms with van der Waals surface area (Å²) >= 11 is 0. The number of aliphatic hydroxyl groups excluding tert-OH is 2. The molecule has 2 N–H and O–H groups in total. The lowest BCUT2D eigenvalue weighted by molar-refractivity contribution is -0.154. The number of hydrogen-bond acceptors (Lipinski definition) is 5. The highest BCUT2D eigenvalue weighted by Gasteiger charge is 2.42. The van der Waals surface area contributed by atoms with Gasteiger partial charge in [0.05, 0.1) is 6.61 Å². The van der Waals surface area contributed by atoms with Crippen LogP contribution in [0.2, 0.25) is 0 Å². The third-order valence-corrected chi connectivity index (χ3v) is 1.88. The molecule has 72 valence electrons. The number of methoxy groups -OCH3 is 2. The summed E-state index contributed by atoms with van der Waals surface area (Å²) < 4.78 is 14.7. The Hall–Kier alpha value is -0.200. The van der Waals surface area contributed by atoms with Crippen LogP contribution in [0.15, 0.2) is 0 Å². The number of rotatable bonds is 3. The van der Waals surface area contributed by atoms with Crippen LogP contribution in [0.1, 0.15) is 0 Å². The van der Waals surface area contributed by atoms with Crippen LogP contribution in [-0.2, 0) is 14.2 Å². The smallest absolute Gasteiger partial charge is 0.186 e. The van der Waals surface area contributed by atoms with Crippen molar-refractivity contribution in [1.82, 2.24) is 0 Å². The van der Waals surface area contributed by atoms with Gasteiger partial charge in [0.1, 0.15) is 18.3 Å². The van der Waals surface area contributed by atoms with Crippen LogP contribution in [0, 0.1) is 0 Å². The zero-order valence-electron chi connectivity index (χ0n) is 7.14. The molecule has 1 fully saturated rings. The minimum atomic E-state index is -0.991. The molecule has 0 spiro atoms. The Morgan fingerprint density at radius 2 is 1.92 bits per heavy atom. The minimum absolute atomic E-state index is 0.248. The molecule has 0 aromatic heterocycles. The lowest BCUT2D eigenvalue weighted by Gasteiger charge is -2.11. The number of ether oxygens (including phenoxy) is 3. The summed E-state index contributed by atoms with van der Waals surface area (Å²) in [6.45, 7) is 0.248. The fraction of sp³-hybridized carbons (Fsp3) is 1.00. The second-order valence-corrected chi connectivity index (χ2v) is 2.72. The molecule has 0 aliphatic carbocycles. The first-order valence-electron chi connectivity index (χ1n) is 3.74. The molecule has 1 saturated heterocycles. The largest absolute Gasteiger partial charge is 0.387 e. The standard InChI is InChI=1S/C7H14O5/c1-10-3-4-5(8)6(9)7(11-2)12-4/h4-9H,3H2,1-2H3/t4-,5-,6-,7+/m1/s1. The maximum absolute atomic E-state index is 9.36. The molecule has 0 radical (unpaired) electrons. The van der Waals surface area contributed by atoms with E-state index in [2.05, 4.69) is 0 Å². The molecule has 5 nitrogen and oxygen atoms in total. The first-order valence-corrected chi connectivity index (χ1v) is 3.74. The van der Waals surface area contributed by atoms with Crippen LogP contribution in [0.25, 0.3) is 0 Å². The topological polar surface area (TPSA) is 68.2 Å². The fourth-order valence-corrected chi connectivity index (χ4v) is 1.21. The lowest BCUT2D eigenvalue weighted by atomic mass is 10.1. The normalized spacial score (nSPS) is 42.0. The summed E-state index contributed by atoms with van der Waals surface area (Å²) in [6.07, 6.45) is -3.18. The van der Waals surface area contributed by atoms with Crippen molar-refractivity contribution in [1.29, 1.82) is 0 Å². The van der Waals surface area contributed by atoms with Gasteiger partial charge in [0.2, 0.25) is 0 Å². The van der Waals surface area contributed by atoms with Gasteiger partial charge in [-0.25, -0.2) is 0 Å². The molecule has 0 saturated carbocycles. The third kappa shape index (κ3) is 1.75. The zero-order chi connectivity index (χ0) is 9.14. The van der Waals surface area contributed by atoms with Gasteiger partial charge in [-0.1, -0.05) is 0 Å². The average Bonchev–Trinajstić information content (AvgIpc) is 2.33. The summed E-state index contributed by atoms with van der Waals surface area (Å²) in [4.78, 5) is 0. The fourth-order valence-electron chi connectivity index (χ4n) is 1.21. The maximum Gasteiger partial charge on any atom is 0.186 e. The molecule has 0 unspecified atom stereocenters. The Balaban J connectivity index is 2.48. The van der Waals surface area contributed by atoms with E-state index >= 15 is 0 Å². The van der Waals surface area contributed by atoms with Crippen molar-refractivity contribution in [3.8, 4) is 0 Å². The zero-order valence-corrected chi connectivity index (χ0v) is 7.14. The van der Waals surface area contributed by atoms with E-state index in [0.717, 1.165) is 0 Å². The predicted molar refractivity (Wildman–Crippen MR) is 39.6 cm³/mol. The van der Waals surface area contributed by atoms with Crippen molar-refractivity contribution in [2.24, 2.45) is 0 Å². The van der Waals surface area contributed by atoms with Gasteiger partial charge in [-0.2, -0.15) is 0 Å². The van der Waals surface area contributed by atoms with Crippen molar-refractivity contribution in [2.75, 3.05) is 20.8 Å². The highest BCUT2D eigenvalue weighted by Crippen LogP contribution is 2.21. The molecule has 0 bridgehead atoms. The molecule has 1 aliphatic rings. The van der Waals surface area contributed by atoms with Crippen LogP contribution in [0.5, 0.6) is 0 Å². The Bertz CT molecular complexity index is 140.